The third-order valence-corrected chi connectivity index (χ3v) is 4.05. The second-order valence-electron chi connectivity index (χ2n) is 6.98. The van der Waals surface area contributed by atoms with Gasteiger partial charge in [-0.05, 0) is 6.92 Å². The van der Waals surface area contributed by atoms with Crippen molar-refractivity contribution >= 4 is 22.5 Å². The Labute approximate surface area is 130 Å². The molecule has 3 rings (SSSR count). The van der Waals surface area contributed by atoms with Crippen LogP contribution < -0.4 is 10.2 Å². The van der Waals surface area contributed by atoms with E-state index in [1.165, 1.54) is 0 Å². The van der Waals surface area contributed by atoms with Crippen molar-refractivity contribution in [3.05, 3.63) is 30.0 Å². The molecular weight excluding hydrogens is 276 g/mol. The van der Waals surface area contributed by atoms with E-state index in [4.69, 9.17) is 0 Å². The van der Waals surface area contributed by atoms with Crippen molar-refractivity contribution in [3.8, 4) is 0 Å². The summed E-state index contributed by atoms with van der Waals surface area (Å²) in [6.07, 6.45) is 0. The summed E-state index contributed by atoms with van der Waals surface area (Å²) in [6.45, 7) is 9.32. The number of hydrogen-bond donors (Lipinski definition) is 1. The Morgan fingerprint density at radius 3 is 2.45 bits per heavy atom. The second-order valence-corrected chi connectivity index (χ2v) is 6.98. The van der Waals surface area contributed by atoms with E-state index in [1.54, 1.807) is 0 Å². The van der Waals surface area contributed by atoms with Crippen molar-refractivity contribution in [1.82, 2.24) is 15.5 Å². The summed E-state index contributed by atoms with van der Waals surface area (Å²) >= 11 is 0. The molecule has 2 heterocycles. The van der Waals surface area contributed by atoms with Gasteiger partial charge >= 0.3 is 0 Å². The van der Waals surface area contributed by atoms with E-state index in [0.717, 1.165) is 35.4 Å². The largest absolute Gasteiger partial charge is 0.350 e. The summed E-state index contributed by atoms with van der Waals surface area (Å²) in [7, 11) is 0. The lowest BCUT2D eigenvalue weighted by molar-refractivity contribution is -0.129. The number of aryl methyl sites for hydroxylation is 1. The van der Waals surface area contributed by atoms with Crippen LogP contribution in [0.25, 0.3) is 10.8 Å². The van der Waals surface area contributed by atoms with Gasteiger partial charge in [-0.1, -0.05) is 45.0 Å². The molecule has 0 atom stereocenters. The Morgan fingerprint density at radius 2 is 1.82 bits per heavy atom. The molecule has 5 heteroatoms. The van der Waals surface area contributed by atoms with Crippen LogP contribution in [0.1, 0.15) is 26.5 Å². The number of amides is 1. The number of nitrogens with one attached hydrogen (secondary N) is 1. The van der Waals surface area contributed by atoms with Crippen LogP contribution in [0.2, 0.25) is 0 Å². The Kier molecular flexibility index (Phi) is 3.51. The summed E-state index contributed by atoms with van der Waals surface area (Å²) in [6, 6.07) is 8.37. The molecule has 5 nitrogen and oxygen atoms in total. The Hall–Kier alpha value is -2.17. The van der Waals surface area contributed by atoms with Crippen LogP contribution >= 0.6 is 0 Å². The molecule has 0 spiro atoms. The fourth-order valence-corrected chi connectivity index (χ4v) is 2.60. The third kappa shape index (κ3) is 2.63. The Morgan fingerprint density at radius 1 is 1.18 bits per heavy atom. The van der Waals surface area contributed by atoms with Crippen molar-refractivity contribution in [1.29, 1.82) is 0 Å². The van der Waals surface area contributed by atoms with Gasteiger partial charge in [0.15, 0.2) is 5.82 Å². The number of benzene rings is 1. The Balaban J connectivity index is 1.74. The van der Waals surface area contributed by atoms with Crippen LogP contribution in [-0.4, -0.2) is 35.2 Å². The van der Waals surface area contributed by atoms with Crippen molar-refractivity contribution in [2.75, 3.05) is 18.0 Å². The number of aromatic nitrogens is 2. The number of hydrogen-bond acceptors (Lipinski definition) is 4. The van der Waals surface area contributed by atoms with Crippen LogP contribution in [0.5, 0.6) is 0 Å². The molecule has 1 N–H and O–H groups in total. The summed E-state index contributed by atoms with van der Waals surface area (Å²) in [4.78, 5) is 14.2. The van der Waals surface area contributed by atoms with Crippen LogP contribution in [0.3, 0.4) is 0 Å². The molecule has 1 amide bonds. The fourth-order valence-electron chi connectivity index (χ4n) is 2.60. The minimum Gasteiger partial charge on any atom is -0.350 e. The molecule has 1 aliphatic heterocycles. The fraction of sp³-hybridized carbons (Fsp3) is 0.471. The molecular formula is C17H22N4O. The topological polar surface area (TPSA) is 58.1 Å². The number of carbonyl (C=O) groups excluding carboxylic acids is 1. The molecule has 116 valence electrons. The van der Waals surface area contributed by atoms with E-state index >= 15 is 0 Å². The van der Waals surface area contributed by atoms with Crippen molar-refractivity contribution in [2.24, 2.45) is 5.41 Å². The average Bonchev–Trinajstić information content (AvgIpc) is 2.43. The van der Waals surface area contributed by atoms with Gasteiger partial charge in [-0.15, -0.1) is 5.10 Å². The van der Waals surface area contributed by atoms with Gasteiger partial charge in [0.05, 0.1) is 11.7 Å². The molecule has 2 aromatic rings. The zero-order chi connectivity index (χ0) is 15.9. The van der Waals surface area contributed by atoms with E-state index in [1.807, 2.05) is 39.8 Å². The monoisotopic (exact) mass is 298 g/mol. The zero-order valence-electron chi connectivity index (χ0n) is 13.6. The number of fused-ring (bicyclic) bond motifs is 1. The van der Waals surface area contributed by atoms with Crippen molar-refractivity contribution in [3.63, 3.8) is 0 Å². The molecule has 1 fully saturated rings. The second kappa shape index (κ2) is 5.23. The average molecular weight is 298 g/mol. The predicted octanol–water partition coefficient (Wildman–Crippen LogP) is 2.29. The minimum atomic E-state index is -0.350. The molecule has 22 heavy (non-hydrogen) atoms. The molecule has 1 aromatic carbocycles. The first-order valence-electron chi connectivity index (χ1n) is 7.64. The lowest BCUT2D eigenvalue weighted by Crippen LogP contribution is -2.61. The predicted molar refractivity (Wildman–Crippen MR) is 87.9 cm³/mol. The quantitative estimate of drug-likeness (QED) is 0.924. The molecule has 0 aliphatic carbocycles. The van der Waals surface area contributed by atoms with Crippen molar-refractivity contribution in [2.45, 2.75) is 33.7 Å². The number of carbonyl (C=O) groups is 1. The molecule has 0 saturated carbocycles. The third-order valence-electron chi connectivity index (χ3n) is 4.05. The maximum absolute atomic E-state index is 12.0. The van der Waals surface area contributed by atoms with Gasteiger partial charge in [0, 0.05) is 29.3 Å². The zero-order valence-corrected chi connectivity index (χ0v) is 13.6. The normalized spacial score (nSPS) is 15.7. The molecule has 0 bridgehead atoms. The van der Waals surface area contributed by atoms with Crippen LogP contribution in [-0.2, 0) is 4.79 Å². The van der Waals surface area contributed by atoms with Crippen LogP contribution in [0.15, 0.2) is 24.3 Å². The van der Waals surface area contributed by atoms with Gasteiger partial charge in [0.1, 0.15) is 0 Å². The number of nitrogens with zero attached hydrogens (tertiary/aromatic N) is 3. The maximum atomic E-state index is 12.0. The van der Waals surface area contributed by atoms with Gasteiger partial charge in [0.2, 0.25) is 5.91 Å². The lowest BCUT2D eigenvalue weighted by atomic mass is 9.94. The van der Waals surface area contributed by atoms with Gasteiger partial charge in [-0.3, -0.25) is 4.79 Å². The number of anilines is 1. The van der Waals surface area contributed by atoms with E-state index in [0.29, 0.717) is 0 Å². The van der Waals surface area contributed by atoms with Crippen LogP contribution in [0.4, 0.5) is 5.82 Å². The molecule has 1 saturated heterocycles. The lowest BCUT2D eigenvalue weighted by Gasteiger charge is -2.41. The molecule has 0 radical (unpaired) electrons. The van der Waals surface area contributed by atoms with E-state index in [2.05, 4.69) is 32.5 Å². The minimum absolute atomic E-state index is 0.0944. The molecule has 0 unspecified atom stereocenters. The highest BCUT2D eigenvalue weighted by Gasteiger charge is 2.33. The maximum Gasteiger partial charge on any atom is 0.225 e. The van der Waals surface area contributed by atoms with E-state index in [9.17, 15) is 4.79 Å². The van der Waals surface area contributed by atoms with E-state index < -0.39 is 0 Å². The standard InChI is InChI=1S/C17H22N4O/c1-11-13-7-5-6-8-14(13)15(20-19-11)21-9-12(10-21)18-16(22)17(2,3)4/h5-8,12H,9-10H2,1-4H3,(H,18,22). The Bertz CT molecular complexity index is 714. The SMILES string of the molecule is Cc1nnc(N2CC(NC(=O)C(C)(C)C)C2)c2ccccc12. The first kappa shape index (κ1) is 14.8. The van der Waals surface area contributed by atoms with E-state index in [-0.39, 0.29) is 17.4 Å². The van der Waals surface area contributed by atoms with Crippen molar-refractivity contribution < 1.29 is 4.79 Å². The highest BCUT2D eigenvalue weighted by molar-refractivity contribution is 5.93. The van der Waals surface area contributed by atoms with Gasteiger partial charge < -0.3 is 10.2 Å². The van der Waals surface area contributed by atoms with Crippen LogP contribution in [0, 0.1) is 12.3 Å². The van der Waals surface area contributed by atoms with Gasteiger partial charge in [-0.2, -0.15) is 5.10 Å². The summed E-state index contributed by atoms with van der Waals surface area (Å²) in [5.74, 6) is 0.999. The molecule has 1 aromatic heterocycles. The summed E-state index contributed by atoms with van der Waals surface area (Å²) < 4.78 is 0. The summed E-state index contributed by atoms with van der Waals surface area (Å²) in [5, 5.41) is 14.0. The van der Waals surface area contributed by atoms with Gasteiger partial charge in [0.25, 0.3) is 0 Å². The first-order valence-corrected chi connectivity index (χ1v) is 7.64. The highest BCUT2D eigenvalue weighted by atomic mass is 16.2. The molecule has 1 aliphatic rings. The first-order chi connectivity index (χ1) is 10.4. The number of rotatable bonds is 2. The smallest absolute Gasteiger partial charge is 0.225 e. The van der Waals surface area contributed by atoms with Gasteiger partial charge in [-0.25, -0.2) is 0 Å². The highest BCUT2D eigenvalue weighted by Crippen LogP contribution is 2.28. The summed E-state index contributed by atoms with van der Waals surface area (Å²) in [5.41, 5.74) is 0.592.